The number of hydroxylamine groups is 1. The SMILES string of the molecule is CCOc1cc(C(=O)NO)cc(OCC)c1OCC. The summed E-state index contributed by atoms with van der Waals surface area (Å²) in [6, 6.07) is 3.01. The lowest BCUT2D eigenvalue weighted by Crippen LogP contribution is -2.19. The molecule has 1 rings (SSSR count). The highest BCUT2D eigenvalue weighted by Crippen LogP contribution is 2.39. The molecule has 6 nitrogen and oxygen atoms in total. The van der Waals surface area contributed by atoms with Crippen LogP contribution in [0.1, 0.15) is 31.1 Å². The molecule has 0 unspecified atom stereocenters. The van der Waals surface area contributed by atoms with Crippen molar-refractivity contribution < 1.29 is 24.2 Å². The molecule has 0 fully saturated rings. The fraction of sp³-hybridized carbons (Fsp3) is 0.462. The van der Waals surface area contributed by atoms with Crippen LogP contribution in [0.25, 0.3) is 0 Å². The summed E-state index contributed by atoms with van der Waals surface area (Å²) in [5.41, 5.74) is 1.81. The number of hydrogen-bond acceptors (Lipinski definition) is 5. The van der Waals surface area contributed by atoms with E-state index in [4.69, 9.17) is 19.4 Å². The van der Waals surface area contributed by atoms with Crippen molar-refractivity contribution in [2.24, 2.45) is 0 Å². The number of benzene rings is 1. The molecule has 1 aromatic carbocycles. The Labute approximate surface area is 112 Å². The predicted molar refractivity (Wildman–Crippen MR) is 69.2 cm³/mol. The van der Waals surface area contributed by atoms with Gasteiger partial charge in [0.1, 0.15) is 0 Å². The minimum absolute atomic E-state index is 0.234. The molecule has 0 aliphatic rings. The van der Waals surface area contributed by atoms with E-state index in [-0.39, 0.29) is 5.56 Å². The van der Waals surface area contributed by atoms with Crippen LogP contribution in [0.5, 0.6) is 17.2 Å². The fourth-order valence-electron chi connectivity index (χ4n) is 1.58. The highest BCUT2D eigenvalue weighted by molar-refractivity contribution is 5.94. The number of rotatable bonds is 7. The number of hydrogen-bond donors (Lipinski definition) is 2. The van der Waals surface area contributed by atoms with Gasteiger partial charge in [-0.3, -0.25) is 10.0 Å². The van der Waals surface area contributed by atoms with Gasteiger partial charge in [0.25, 0.3) is 5.91 Å². The average Bonchev–Trinajstić information content (AvgIpc) is 2.41. The zero-order valence-electron chi connectivity index (χ0n) is 11.4. The van der Waals surface area contributed by atoms with Crippen molar-refractivity contribution in [2.75, 3.05) is 19.8 Å². The molecule has 0 heterocycles. The van der Waals surface area contributed by atoms with E-state index in [0.717, 1.165) is 0 Å². The Balaban J connectivity index is 3.29. The third-order valence-electron chi connectivity index (χ3n) is 2.27. The summed E-state index contributed by atoms with van der Waals surface area (Å²) in [7, 11) is 0. The van der Waals surface area contributed by atoms with Gasteiger partial charge >= 0.3 is 0 Å². The van der Waals surface area contributed by atoms with Gasteiger partial charge in [0.15, 0.2) is 11.5 Å². The highest BCUT2D eigenvalue weighted by atomic mass is 16.5. The van der Waals surface area contributed by atoms with E-state index in [1.807, 2.05) is 20.8 Å². The zero-order chi connectivity index (χ0) is 14.3. The van der Waals surface area contributed by atoms with Crippen LogP contribution < -0.4 is 19.7 Å². The summed E-state index contributed by atoms with van der Waals surface area (Å²) in [5, 5.41) is 8.69. The minimum atomic E-state index is -0.634. The molecule has 0 aliphatic carbocycles. The maximum Gasteiger partial charge on any atom is 0.274 e. The Kier molecular flexibility index (Phi) is 5.95. The molecule has 0 spiro atoms. The number of amides is 1. The molecule has 0 aromatic heterocycles. The second-order valence-corrected chi connectivity index (χ2v) is 3.54. The van der Waals surface area contributed by atoms with Crippen molar-refractivity contribution in [3.8, 4) is 17.2 Å². The van der Waals surface area contributed by atoms with Crippen LogP contribution >= 0.6 is 0 Å². The smallest absolute Gasteiger partial charge is 0.274 e. The molecule has 19 heavy (non-hydrogen) atoms. The molecule has 0 saturated carbocycles. The third-order valence-corrected chi connectivity index (χ3v) is 2.27. The Morgan fingerprint density at radius 2 is 1.53 bits per heavy atom. The number of carbonyl (C=O) groups excluding carboxylic acids is 1. The van der Waals surface area contributed by atoms with Gasteiger partial charge < -0.3 is 14.2 Å². The van der Waals surface area contributed by atoms with Crippen LogP contribution in [0.15, 0.2) is 12.1 Å². The van der Waals surface area contributed by atoms with Crippen molar-refractivity contribution in [1.82, 2.24) is 5.48 Å². The van der Waals surface area contributed by atoms with Gasteiger partial charge in [-0.1, -0.05) is 0 Å². The molecular weight excluding hydrogens is 250 g/mol. The van der Waals surface area contributed by atoms with Crippen molar-refractivity contribution in [3.63, 3.8) is 0 Å². The Bertz CT molecular complexity index is 406. The Morgan fingerprint density at radius 1 is 1.05 bits per heavy atom. The Morgan fingerprint density at radius 3 is 1.89 bits per heavy atom. The molecule has 2 N–H and O–H groups in total. The maximum atomic E-state index is 11.5. The lowest BCUT2D eigenvalue weighted by atomic mass is 10.1. The van der Waals surface area contributed by atoms with Gasteiger partial charge in [-0.05, 0) is 32.9 Å². The van der Waals surface area contributed by atoms with E-state index in [2.05, 4.69) is 0 Å². The lowest BCUT2D eigenvalue weighted by Gasteiger charge is -2.16. The average molecular weight is 269 g/mol. The van der Waals surface area contributed by atoms with Crippen molar-refractivity contribution in [1.29, 1.82) is 0 Å². The molecule has 0 bridgehead atoms. The summed E-state index contributed by atoms with van der Waals surface area (Å²) in [6.07, 6.45) is 0. The second-order valence-electron chi connectivity index (χ2n) is 3.54. The first kappa shape index (κ1) is 15.1. The number of ether oxygens (including phenoxy) is 3. The molecule has 6 heteroatoms. The van der Waals surface area contributed by atoms with Crippen molar-refractivity contribution >= 4 is 5.91 Å². The van der Waals surface area contributed by atoms with Crippen LogP contribution in [0.4, 0.5) is 0 Å². The maximum absolute atomic E-state index is 11.5. The summed E-state index contributed by atoms with van der Waals surface area (Å²) in [5.74, 6) is 0.647. The minimum Gasteiger partial charge on any atom is -0.490 e. The molecule has 1 aromatic rings. The summed E-state index contributed by atoms with van der Waals surface area (Å²) < 4.78 is 16.4. The first-order chi connectivity index (χ1) is 9.17. The second kappa shape index (κ2) is 7.48. The van der Waals surface area contributed by atoms with Gasteiger partial charge in [0.2, 0.25) is 5.75 Å². The predicted octanol–water partition coefficient (Wildman–Crippen LogP) is 2.00. The van der Waals surface area contributed by atoms with Gasteiger partial charge in [-0.25, -0.2) is 5.48 Å². The van der Waals surface area contributed by atoms with Gasteiger partial charge in [-0.2, -0.15) is 0 Å². The van der Waals surface area contributed by atoms with Gasteiger partial charge in [-0.15, -0.1) is 0 Å². The molecule has 0 radical (unpaired) electrons. The summed E-state index contributed by atoms with van der Waals surface area (Å²) in [6.45, 7) is 6.81. The molecular formula is C13H19NO5. The molecule has 0 atom stereocenters. The topological polar surface area (TPSA) is 77.0 Å². The van der Waals surface area contributed by atoms with E-state index < -0.39 is 5.91 Å². The molecule has 0 aliphatic heterocycles. The molecule has 1 amide bonds. The van der Waals surface area contributed by atoms with Gasteiger partial charge in [0.05, 0.1) is 19.8 Å². The summed E-state index contributed by atoms with van der Waals surface area (Å²) >= 11 is 0. The van der Waals surface area contributed by atoms with Gasteiger partial charge in [0, 0.05) is 5.56 Å². The van der Waals surface area contributed by atoms with E-state index in [1.54, 1.807) is 5.48 Å². The fourth-order valence-corrected chi connectivity index (χ4v) is 1.58. The van der Waals surface area contributed by atoms with E-state index >= 15 is 0 Å². The number of carbonyl (C=O) groups is 1. The zero-order valence-corrected chi connectivity index (χ0v) is 11.4. The van der Waals surface area contributed by atoms with Crippen LogP contribution in [0.3, 0.4) is 0 Å². The van der Waals surface area contributed by atoms with Crippen LogP contribution in [-0.4, -0.2) is 30.9 Å². The monoisotopic (exact) mass is 269 g/mol. The van der Waals surface area contributed by atoms with Crippen LogP contribution in [0, 0.1) is 0 Å². The van der Waals surface area contributed by atoms with Crippen LogP contribution in [-0.2, 0) is 0 Å². The van der Waals surface area contributed by atoms with Crippen molar-refractivity contribution in [3.05, 3.63) is 17.7 Å². The highest BCUT2D eigenvalue weighted by Gasteiger charge is 2.17. The lowest BCUT2D eigenvalue weighted by molar-refractivity contribution is 0.0705. The van der Waals surface area contributed by atoms with E-state index in [1.165, 1.54) is 12.1 Å². The summed E-state index contributed by atoms with van der Waals surface area (Å²) in [4.78, 5) is 11.5. The van der Waals surface area contributed by atoms with Crippen molar-refractivity contribution in [2.45, 2.75) is 20.8 Å². The van der Waals surface area contributed by atoms with E-state index in [0.29, 0.717) is 37.1 Å². The molecule has 0 saturated heterocycles. The first-order valence-corrected chi connectivity index (χ1v) is 6.18. The Hall–Kier alpha value is -1.95. The van der Waals surface area contributed by atoms with E-state index in [9.17, 15) is 4.79 Å². The van der Waals surface area contributed by atoms with Crippen LogP contribution in [0.2, 0.25) is 0 Å². The number of nitrogens with one attached hydrogen (secondary N) is 1. The standard InChI is InChI=1S/C13H19NO5/c1-4-17-10-7-9(13(15)14-16)8-11(18-5-2)12(10)19-6-3/h7-8,16H,4-6H2,1-3H3,(H,14,15). The first-order valence-electron chi connectivity index (χ1n) is 6.18. The largest absolute Gasteiger partial charge is 0.490 e. The normalized spacial score (nSPS) is 9.89. The third kappa shape index (κ3) is 3.75. The quantitative estimate of drug-likeness (QED) is 0.585. The molecule has 106 valence electrons.